The average molecular weight is 178 g/mol. The number of hydrogen-bond acceptors (Lipinski definition) is 1. The first-order valence-electron chi connectivity index (χ1n) is 3.97. The highest BCUT2D eigenvalue weighted by molar-refractivity contribution is 7.79. The molecule has 1 N–H and O–H groups in total. The number of rotatable bonds is 3. The van der Waals surface area contributed by atoms with E-state index in [0.717, 1.165) is 5.69 Å². The van der Waals surface area contributed by atoms with Gasteiger partial charge < -0.3 is 5.32 Å². The molecule has 1 aromatic carbocycles. The molecule has 1 nitrogen and oxygen atoms in total. The topological polar surface area (TPSA) is 12.0 Å². The maximum Gasteiger partial charge on any atom is 0.138 e. The van der Waals surface area contributed by atoms with E-state index in [9.17, 15) is 0 Å². The first kappa shape index (κ1) is 9.20. The lowest BCUT2D eigenvalue weighted by Gasteiger charge is -2.06. The first-order chi connectivity index (χ1) is 5.74. The molecular formula is C10H12NS. The largest absolute Gasteiger partial charge is 0.344 e. The fraction of sp³-hybridized carbons (Fsp3) is 0.300. The van der Waals surface area contributed by atoms with Crippen molar-refractivity contribution in [2.45, 2.75) is 19.8 Å². The summed E-state index contributed by atoms with van der Waals surface area (Å²) in [6.07, 6.45) is 0. The first-order valence-corrected chi connectivity index (χ1v) is 4.38. The second-order valence-corrected chi connectivity index (χ2v) is 3.21. The Labute approximate surface area is 78.8 Å². The molecule has 0 aromatic heterocycles. The highest BCUT2D eigenvalue weighted by Crippen LogP contribution is 2.17. The quantitative estimate of drug-likeness (QED) is 0.564. The molecule has 0 fully saturated rings. The van der Waals surface area contributed by atoms with E-state index in [0.29, 0.717) is 5.92 Å². The van der Waals surface area contributed by atoms with E-state index < -0.39 is 0 Å². The fourth-order valence-corrected chi connectivity index (χ4v) is 1.15. The Morgan fingerprint density at radius 3 is 2.75 bits per heavy atom. The Morgan fingerprint density at radius 1 is 1.42 bits per heavy atom. The molecule has 0 aliphatic rings. The van der Waals surface area contributed by atoms with Gasteiger partial charge in [0, 0.05) is 5.69 Å². The van der Waals surface area contributed by atoms with Crippen molar-refractivity contribution in [1.82, 2.24) is 0 Å². The van der Waals surface area contributed by atoms with Gasteiger partial charge in [0.15, 0.2) is 0 Å². The predicted molar refractivity (Wildman–Crippen MR) is 56.8 cm³/mol. The van der Waals surface area contributed by atoms with E-state index in [1.807, 2.05) is 12.1 Å². The van der Waals surface area contributed by atoms with Crippen LogP contribution in [-0.2, 0) is 0 Å². The van der Waals surface area contributed by atoms with Gasteiger partial charge in [-0.25, -0.2) is 0 Å². The Bertz CT molecular complexity index is 268. The van der Waals surface area contributed by atoms with Crippen molar-refractivity contribution in [3.63, 3.8) is 0 Å². The van der Waals surface area contributed by atoms with Gasteiger partial charge in [-0.15, -0.1) is 0 Å². The van der Waals surface area contributed by atoms with Gasteiger partial charge in [0.05, 0.1) is 0 Å². The fourth-order valence-electron chi connectivity index (χ4n) is 1.03. The molecule has 0 amide bonds. The van der Waals surface area contributed by atoms with E-state index >= 15 is 0 Å². The summed E-state index contributed by atoms with van der Waals surface area (Å²) in [5.74, 6) is 0.553. The van der Waals surface area contributed by atoms with Crippen molar-refractivity contribution < 1.29 is 0 Å². The third kappa shape index (κ3) is 2.31. The summed E-state index contributed by atoms with van der Waals surface area (Å²) in [7, 11) is 0. The van der Waals surface area contributed by atoms with Crippen LogP contribution < -0.4 is 5.32 Å². The summed E-state index contributed by atoms with van der Waals surface area (Å²) in [4.78, 5) is 0. The second-order valence-electron chi connectivity index (χ2n) is 3.01. The monoisotopic (exact) mass is 178 g/mol. The highest BCUT2D eigenvalue weighted by atomic mass is 32.1. The molecule has 0 spiro atoms. The third-order valence-corrected chi connectivity index (χ3v) is 1.85. The molecule has 0 unspecified atom stereocenters. The van der Waals surface area contributed by atoms with Crippen LogP contribution in [0.5, 0.6) is 0 Å². The minimum absolute atomic E-state index is 0.553. The van der Waals surface area contributed by atoms with Crippen LogP contribution in [0.3, 0.4) is 0 Å². The van der Waals surface area contributed by atoms with E-state index in [1.54, 1.807) is 0 Å². The van der Waals surface area contributed by atoms with Crippen molar-refractivity contribution in [1.29, 1.82) is 0 Å². The van der Waals surface area contributed by atoms with Gasteiger partial charge in [-0.1, -0.05) is 38.2 Å². The van der Waals surface area contributed by atoms with Gasteiger partial charge in [0.25, 0.3) is 0 Å². The lowest BCUT2D eigenvalue weighted by Crippen LogP contribution is -1.94. The Kier molecular flexibility index (Phi) is 3.23. The highest BCUT2D eigenvalue weighted by Gasteiger charge is 1.98. The van der Waals surface area contributed by atoms with Crippen molar-refractivity contribution in [2.24, 2.45) is 0 Å². The van der Waals surface area contributed by atoms with Crippen LogP contribution in [0.2, 0.25) is 0 Å². The molecule has 0 saturated heterocycles. The van der Waals surface area contributed by atoms with E-state index in [4.69, 9.17) is 0 Å². The van der Waals surface area contributed by atoms with Gasteiger partial charge >= 0.3 is 0 Å². The van der Waals surface area contributed by atoms with Gasteiger partial charge in [-0.3, -0.25) is 0 Å². The van der Waals surface area contributed by atoms with E-state index in [1.165, 1.54) is 5.56 Å². The minimum atomic E-state index is 0.553. The van der Waals surface area contributed by atoms with Gasteiger partial charge in [0.2, 0.25) is 0 Å². The summed E-state index contributed by atoms with van der Waals surface area (Å²) < 4.78 is 0. The zero-order chi connectivity index (χ0) is 8.97. The standard InChI is InChI=1S/C10H12NS/c1-8(2)9-4-3-5-10(6-9)11-7-12/h3-6,8H,1-2H3,(H,11,12). The molecule has 0 bridgehead atoms. The molecule has 12 heavy (non-hydrogen) atoms. The van der Waals surface area contributed by atoms with Crippen LogP contribution in [0.1, 0.15) is 25.3 Å². The Morgan fingerprint density at radius 2 is 2.17 bits per heavy atom. The SMILES string of the molecule is CC(C)c1cccc(N[C]=S)c1. The Hall–Kier alpha value is -0.890. The Balaban J connectivity index is 2.87. The van der Waals surface area contributed by atoms with Gasteiger partial charge in [-0.05, 0) is 23.6 Å². The number of anilines is 1. The number of thiocarbonyl (C=S) groups is 1. The van der Waals surface area contributed by atoms with Crippen molar-refractivity contribution >= 4 is 23.4 Å². The minimum Gasteiger partial charge on any atom is -0.344 e. The van der Waals surface area contributed by atoms with Crippen LogP contribution in [0.25, 0.3) is 0 Å². The molecule has 1 aromatic rings. The normalized spacial score (nSPS) is 9.92. The zero-order valence-corrected chi connectivity index (χ0v) is 8.11. The number of nitrogens with one attached hydrogen (secondary N) is 1. The van der Waals surface area contributed by atoms with E-state index in [2.05, 4.69) is 49.0 Å². The maximum absolute atomic E-state index is 4.58. The molecule has 1 rings (SSSR count). The maximum atomic E-state index is 4.58. The van der Waals surface area contributed by atoms with Crippen molar-refractivity contribution in [3.8, 4) is 0 Å². The summed E-state index contributed by atoms with van der Waals surface area (Å²) >= 11 is 4.58. The van der Waals surface area contributed by atoms with Crippen LogP contribution in [-0.4, -0.2) is 5.49 Å². The van der Waals surface area contributed by atoms with E-state index in [-0.39, 0.29) is 0 Å². The summed E-state index contributed by atoms with van der Waals surface area (Å²) in [6, 6.07) is 8.19. The van der Waals surface area contributed by atoms with Crippen molar-refractivity contribution in [3.05, 3.63) is 29.8 Å². The zero-order valence-electron chi connectivity index (χ0n) is 7.29. The molecule has 63 valence electrons. The van der Waals surface area contributed by atoms with Crippen LogP contribution >= 0.6 is 12.2 Å². The number of hydrogen-bond donors (Lipinski definition) is 1. The molecule has 2 heteroatoms. The van der Waals surface area contributed by atoms with Crippen LogP contribution in [0, 0.1) is 0 Å². The molecule has 0 aliphatic heterocycles. The van der Waals surface area contributed by atoms with Crippen LogP contribution in [0.4, 0.5) is 5.69 Å². The summed E-state index contributed by atoms with van der Waals surface area (Å²) in [5, 5.41) is 2.87. The summed E-state index contributed by atoms with van der Waals surface area (Å²) in [6.45, 7) is 4.33. The summed E-state index contributed by atoms with van der Waals surface area (Å²) in [5.41, 5.74) is 4.80. The number of benzene rings is 1. The molecular weight excluding hydrogens is 166 g/mol. The lowest BCUT2D eigenvalue weighted by atomic mass is 10.0. The van der Waals surface area contributed by atoms with Crippen molar-refractivity contribution in [2.75, 3.05) is 5.32 Å². The third-order valence-electron chi connectivity index (χ3n) is 1.75. The molecule has 1 radical (unpaired) electrons. The molecule has 0 aliphatic carbocycles. The molecule has 0 saturated carbocycles. The van der Waals surface area contributed by atoms with Crippen LogP contribution in [0.15, 0.2) is 24.3 Å². The lowest BCUT2D eigenvalue weighted by molar-refractivity contribution is 0.867. The molecule has 0 atom stereocenters. The smallest absolute Gasteiger partial charge is 0.138 e. The average Bonchev–Trinajstić information content (AvgIpc) is 2.05. The van der Waals surface area contributed by atoms with Gasteiger partial charge in [0.1, 0.15) is 5.49 Å². The molecule has 0 heterocycles. The van der Waals surface area contributed by atoms with Gasteiger partial charge in [-0.2, -0.15) is 0 Å². The second kappa shape index (κ2) is 4.21. The predicted octanol–water partition coefficient (Wildman–Crippen LogP) is 3.06.